The third-order valence-corrected chi connectivity index (χ3v) is 3.63. The van der Waals surface area contributed by atoms with Gasteiger partial charge in [-0.05, 0) is 25.0 Å². The van der Waals surface area contributed by atoms with Crippen molar-refractivity contribution in [3.63, 3.8) is 0 Å². The molecule has 1 aromatic carbocycles. The number of benzene rings is 1. The molecule has 23 heavy (non-hydrogen) atoms. The molecule has 1 aromatic heterocycles. The Morgan fingerprint density at radius 2 is 2.04 bits per heavy atom. The van der Waals surface area contributed by atoms with E-state index >= 15 is 0 Å². The molecule has 5 nitrogen and oxygen atoms in total. The molecule has 0 atom stereocenters. The second kappa shape index (κ2) is 6.69. The first-order valence-corrected chi connectivity index (χ1v) is 7.53. The van der Waals surface area contributed by atoms with Gasteiger partial charge in [0, 0.05) is 43.4 Å². The van der Waals surface area contributed by atoms with Crippen molar-refractivity contribution in [2.24, 2.45) is 0 Å². The summed E-state index contributed by atoms with van der Waals surface area (Å²) < 4.78 is 5.24. The molecule has 1 N–H and O–H groups in total. The minimum Gasteiger partial charge on any atom is -0.507 e. The van der Waals surface area contributed by atoms with Gasteiger partial charge in [0.15, 0.2) is 5.78 Å². The van der Waals surface area contributed by atoms with Crippen LogP contribution in [0.25, 0.3) is 11.0 Å². The van der Waals surface area contributed by atoms with E-state index < -0.39 is 5.63 Å². The molecule has 2 aromatic rings. The number of carbonyl (C=O) groups excluding carboxylic acids is 1. The lowest BCUT2D eigenvalue weighted by atomic mass is 9.97. The maximum atomic E-state index is 12.3. The SMILES string of the molecule is CCCc1cc(=O)oc2c(C)c(O)c(C(=O)C=CN(C)C)cc12. The molecule has 0 aliphatic carbocycles. The minimum atomic E-state index is -0.449. The third kappa shape index (κ3) is 3.44. The number of hydrogen-bond acceptors (Lipinski definition) is 5. The fourth-order valence-electron chi connectivity index (χ4n) is 2.48. The lowest BCUT2D eigenvalue weighted by molar-refractivity contribution is 0.104. The fourth-order valence-corrected chi connectivity index (χ4v) is 2.48. The van der Waals surface area contributed by atoms with E-state index in [0.717, 1.165) is 12.0 Å². The highest BCUT2D eigenvalue weighted by molar-refractivity contribution is 6.09. The second-order valence-electron chi connectivity index (χ2n) is 5.76. The molecule has 0 amide bonds. The summed E-state index contributed by atoms with van der Waals surface area (Å²) in [5.74, 6) is -0.447. The van der Waals surface area contributed by atoms with Crippen molar-refractivity contribution in [2.45, 2.75) is 26.7 Å². The van der Waals surface area contributed by atoms with E-state index in [1.54, 1.807) is 24.1 Å². The molecular weight excluding hydrogens is 294 g/mol. The molecule has 0 bridgehead atoms. The van der Waals surface area contributed by atoms with Gasteiger partial charge in [0.1, 0.15) is 11.3 Å². The largest absolute Gasteiger partial charge is 0.507 e. The normalized spacial score (nSPS) is 11.3. The van der Waals surface area contributed by atoms with Crippen molar-refractivity contribution in [1.82, 2.24) is 4.90 Å². The van der Waals surface area contributed by atoms with Crippen molar-refractivity contribution in [3.05, 3.63) is 51.5 Å². The van der Waals surface area contributed by atoms with Crippen LogP contribution in [0.3, 0.4) is 0 Å². The number of fused-ring (bicyclic) bond motifs is 1. The summed E-state index contributed by atoms with van der Waals surface area (Å²) in [6, 6.07) is 3.06. The molecule has 122 valence electrons. The molecular formula is C18H21NO4. The van der Waals surface area contributed by atoms with Crippen molar-refractivity contribution in [1.29, 1.82) is 0 Å². The zero-order chi connectivity index (χ0) is 17.1. The van der Waals surface area contributed by atoms with E-state index in [-0.39, 0.29) is 17.1 Å². The van der Waals surface area contributed by atoms with Gasteiger partial charge in [-0.15, -0.1) is 0 Å². The predicted molar refractivity (Wildman–Crippen MR) is 90.0 cm³/mol. The topological polar surface area (TPSA) is 70.7 Å². The van der Waals surface area contributed by atoms with Crippen LogP contribution < -0.4 is 5.63 Å². The van der Waals surface area contributed by atoms with Crippen molar-refractivity contribution in [3.8, 4) is 5.75 Å². The van der Waals surface area contributed by atoms with E-state index in [1.165, 1.54) is 12.1 Å². The Morgan fingerprint density at radius 1 is 1.35 bits per heavy atom. The van der Waals surface area contributed by atoms with Crippen molar-refractivity contribution in [2.75, 3.05) is 14.1 Å². The Labute approximate surface area is 134 Å². The highest BCUT2D eigenvalue weighted by Crippen LogP contribution is 2.32. The van der Waals surface area contributed by atoms with Crippen LogP contribution in [0.5, 0.6) is 5.75 Å². The first kappa shape index (κ1) is 16.8. The summed E-state index contributed by atoms with van der Waals surface area (Å²) >= 11 is 0. The van der Waals surface area contributed by atoms with E-state index in [1.807, 2.05) is 21.0 Å². The Morgan fingerprint density at radius 3 is 2.65 bits per heavy atom. The molecule has 5 heteroatoms. The highest BCUT2D eigenvalue weighted by Gasteiger charge is 2.18. The van der Waals surface area contributed by atoms with Crippen LogP contribution in [0.4, 0.5) is 0 Å². The van der Waals surface area contributed by atoms with Gasteiger partial charge in [0.05, 0.1) is 5.56 Å². The van der Waals surface area contributed by atoms with E-state index in [0.29, 0.717) is 23.0 Å². The van der Waals surface area contributed by atoms with Gasteiger partial charge in [0.25, 0.3) is 0 Å². The summed E-state index contributed by atoms with van der Waals surface area (Å²) in [7, 11) is 3.62. The molecule has 0 spiro atoms. The van der Waals surface area contributed by atoms with Gasteiger partial charge in [-0.2, -0.15) is 0 Å². The zero-order valence-corrected chi connectivity index (χ0v) is 13.8. The van der Waals surface area contributed by atoms with Crippen molar-refractivity contribution >= 4 is 16.8 Å². The molecule has 0 saturated carbocycles. The van der Waals surface area contributed by atoms with Crippen LogP contribution in [-0.2, 0) is 6.42 Å². The number of hydrogen-bond donors (Lipinski definition) is 1. The van der Waals surface area contributed by atoms with Crippen LogP contribution in [0, 0.1) is 6.92 Å². The number of phenols is 1. The first-order valence-electron chi connectivity index (χ1n) is 7.53. The maximum absolute atomic E-state index is 12.3. The number of ketones is 1. The monoisotopic (exact) mass is 315 g/mol. The van der Waals surface area contributed by atoms with Gasteiger partial charge in [-0.1, -0.05) is 13.3 Å². The Hall–Kier alpha value is -2.56. The number of allylic oxidation sites excluding steroid dienone is 1. The van der Waals surface area contributed by atoms with Crippen LogP contribution in [0.1, 0.15) is 34.8 Å². The molecule has 0 fully saturated rings. The number of nitrogens with zero attached hydrogens (tertiary/aromatic N) is 1. The summed E-state index contributed by atoms with van der Waals surface area (Å²) in [5, 5.41) is 11.0. The summed E-state index contributed by atoms with van der Waals surface area (Å²) in [4.78, 5) is 25.8. The smallest absolute Gasteiger partial charge is 0.336 e. The Bertz CT molecular complexity index is 831. The van der Waals surface area contributed by atoms with E-state index in [2.05, 4.69) is 0 Å². The number of phenolic OH excluding ortho intramolecular Hbond substituents is 1. The van der Waals surface area contributed by atoms with Crippen LogP contribution >= 0.6 is 0 Å². The van der Waals surface area contributed by atoms with Gasteiger partial charge in [-0.25, -0.2) is 4.79 Å². The Balaban J connectivity index is 2.71. The van der Waals surface area contributed by atoms with Gasteiger partial charge >= 0.3 is 5.63 Å². The predicted octanol–water partition coefficient (Wildman–Crippen LogP) is 3.02. The van der Waals surface area contributed by atoms with E-state index in [4.69, 9.17) is 4.42 Å². The Kier molecular flexibility index (Phi) is 4.89. The lowest BCUT2D eigenvalue weighted by Crippen LogP contribution is -2.06. The fraction of sp³-hybridized carbons (Fsp3) is 0.333. The molecule has 1 heterocycles. The maximum Gasteiger partial charge on any atom is 0.336 e. The third-order valence-electron chi connectivity index (χ3n) is 3.63. The molecule has 2 rings (SSSR count). The molecule has 0 aliphatic rings. The van der Waals surface area contributed by atoms with Crippen LogP contribution in [0.2, 0.25) is 0 Å². The average molecular weight is 315 g/mol. The zero-order valence-electron chi connectivity index (χ0n) is 13.8. The molecule has 0 saturated heterocycles. The second-order valence-corrected chi connectivity index (χ2v) is 5.76. The lowest BCUT2D eigenvalue weighted by Gasteiger charge is -2.11. The van der Waals surface area contributed by atoms with Crippen LogP contribution in [-0.4, -0.2) is 29.9 Å². The molecule has 0 aliphatic heterocycles. The van der Waals surface area contributed by atoms with Crippen LogP contribution in [0.15, 0.2) is 33.6 Å². The summed E-state index contributed by atoms with van der Waals surface area (Å²) in [6.45, 7) is 3.66. The summed E-state index contributed by atoms with van der Waals surface area (Å²) in [6.07, 6.45) is 4.59. The van der Waals surface area contributed by atoms with Crippen molar-refractivity contribution < 1.29 is 14.3 Å². The number of carbonyl (C=O) groups is 1. The summed E-state index contributed by atoms with van der Waals surface area (Å²) in [5.41, 5.74) is 1.33. The molecule has 0 radical (unpaired) electrons. The van der Waals surface area contributed by atoms with E-state index in [9.17, 15) is 14.7 Å². The average Bonchev–Trinajstić information content (AvgIpc) is 2.49. The number of aromatic hydroxyl groups is 1. The van der Waals surface area contributed by atoms with Gasteiger partial charge < -0.3 is 14.4 Å². The standard InChI is InChI=1S/C18H21NO4/c1-5-6-12-9-16(21)23-18-11(2)17(22)14(10-13(12)18)15(20)7-8-19(3)4/h7-10,22H,5-6H2,1-4H3. The minimum absolute atomic E-state index is 0.150. The van der Waals surface area contributed by atoms with Gasteiger partial charge in [0.2, 0.25) is 0 Å². The number of aryl methyl sites for hydroxylation is 2. The first-order chi connectivity index (χ1) is 10.8. The molecule has 0 unspecified atom stereocenters. The number of rotatable bonds is 5. The highest BCUT2D eigenvalue weighted by atomic mass is 16.4. The quantitative estimate of drug-likeness (QED) is 0.522. The van der Waals surface area contributed by atoms with Gasteiger partial charge in [-0.3, -0.25) is 4.79 Å².